The van der Waals surface area contributed by atoms with Gasteiger partial charge in [-0.15, -0.1) is 11.3 Å². The fraction of sp³-hybridized carbons (Fsp3) is 0.429. The molecule has 0 aliphatic rings. The number of nitrogens with one attached hydrogen (secondary N) is 2. The molecule has 1 aromatic carbocycles. The van der Waals surface area contributed by atoms with Gasteiger partial charge >= 0.3 is 6.03 Å². The van der Waals surface area contributed by atoms with Crippen molar-refractivity contribution in [2.24, 2.45) is 0 Å². The predicted octanol–water partition coefficient (Wildman–Crippen LogP) is 2.26. The maximum atomic E-state index is 11.7. The van der Waals surface area contributed by atoms with Crippen LogP contribution in [0.25, 0.3) is 10.2 Å². The van der Waals surface area contributed by atoms with E-state index >= 15 is 0 Å². The number of benzene rings is 1. The van der Waals surface area contributed by atoms with Crippen LogP contribution >= 0.6 is 11.3 Å². The molecule has 6 heteroatoms. The molecule has 1 atom stereocenters. The summed E-state index contributed by atoms with van der Waals surface area (Å²) in [4.78, 5) is 16.2. The standard InChI is InChI=1S/C14H19N3O2S/c1-10(5-4-8-18)16-14(19)15-9-13-17-11-6-2-3-7-12(11)20-13/h2-3,6-7,10,18H,4-5,8-9H2,1H3,(H2,15,16,19). The Labute approximate surface area is 122 Å². The number of fused-ring (bicyclic) bond motifs is 1. The molecule has 0 fully saturated rings. The van der Waals surface area contributed by atoms with E-state index in [-0.39, 0.29) is 18.7 Å². The highest BCUT2D eigenvalue weighted by Gasteiger charge is 2.08. The zero-order valence-corrected chi connectivity index (χ0v) is 12.2. The molecule has 2 amide bonds. The van der Waals surface area contributed by atoms with Crippen LogP contribution in [-0.2, 0) is 6.54 Å². The van der Waals surface area contributed by atoms with Crippen molar-refractivity contribution in [1.29, 1.82) is 0 Å². The van der Waals surface area contributed by atoms with Crippen LogP contribution in [0.15, 0.2) is 24.3 Å². The van der Waals surface area contributed by atoms with Gasteiger partial charge in [0.2, 0.25) is 0 Å². The van der Waals surface area contributed by atoms with E-state index in [2.05, 4.69) is 15.6 Å². The van der Waals surface area contributed by atoms with E-state index in [9.17, 15) is 4.79 Å². The molecule has 108 valence electrons. The summed E-state index contributed by atoms with van der Waals surface area (Å²) in [7, 11) is 0. The molecule has 20 heavy (non-hydrogen) atoms. The van der Waals surface area contributed by atoms with Gasteiger partial charge in [0.15, 0.2) is 0 Å². The number of aliphatic hydroxyl groups is 1. The minimum absolute atomic E-state index is 0.0533. The van der Waals surface area contributed by atoms with E-state index in [0.29, 0.717) is 13.0 Å². The molecule has 1 unspecified atom stereocenters. The van der Waals surface area contributed by atoms with Crippen LogP contribution in [0.3, 0.4) is 0 Å². The van der Waals surface area contributed by atoms with Crippen LogP contribution in [0.5, 0.6) is 0 Å². The number of carbonyl (C=O) groups excluding carboxylic acids is 1. The zero-order valence-electron chi connectivity index (χ0n) is 11.4. The van der Waals surface area contributed by atoms with Crippen molar-refractivity contribution < 1.29 is 9.90 Å². The van der Waals surface area contributed by atoms with Crippen molar-refractivity contribution in [3.63, 3.8) is 0 Å². The molecule has 0 aliphatic carbocycles. The molecule has 0 spiro atoms. The Morgan fingerprint density at radius 2 is 2.25 bits per heavy atom. The molecule has 2 aromatic rings. The van der Waals surface area contributed by atoms with Gasteiger partial charge in [0.25, 0.3) is 0 Å². The summed E-state index contributed by atoms with van der Waals surface area (Å²) in [6.45, 7) is 2.50. The highest BCUT2D eigenvalue weighted by molar-refractivity contribution is 7.18. The van der Waals surface area contributed by atoms with Gasteiger partial charge in [-0.2, -0.15) is 0 Å². The average molecular weight is 293 g/mol. The lowest BCUT2D eigenvalue weighted by molar-refractivity contribution is 0.234. The Hall–Kier alpha value is -1.66. The molecule has 1 heterocycles. The number of hydrogen-bond acceptors (Lipinski definition) is 4. The van der Waals surface area contributed by atoms with E-state index in [1.54, 1.807) is 11.3 Å². The second kappa shape index (κ2) is 7.21. The Morgan fingerprint density at radius 1 is 1.45 bits per heavy atom. The summed E-state index contributed by atoms with van der Waals surface area (Å²) in [5.41, 5.74) is 0.964. The monoisotopic (exact) mass is 293 g/mol. The minimum Gasteiger partial charge on any atom is -0.396 e. The Bertz CT molecular complexity index is 537. The second-order valence-electron chi connectivity index (χ2n) is 4.67. The summed E-state index contributed by atoms with van der Waals surface area (Å²) in [5.74, 6) is 0. The fourth-order valence-electron chi connectivity index (χ4n) is 1.90. The van der Waals surface area contributed by atoms with E-state index in [1.807, 2.05) is 31.2 Å². The third kappa shape index (κ3) is 4.18. The summed E-state index contributed by atoms with van der Waals surface area (Å²) < 4.78 is 1.13. The number of hydrogen-bond donors (Lipinski definition) is 3. The number of thiazole rings is 1. The summed E-state index contributed by atoms with van der Waals surface area (Å²) >= 11 is 1.59. The van der Waals surface area contributed by atoms with Crippen LogP contribution in [0.2, 0.25) is 0 Å². The lowest BCUT2D eigenvalue weighted by Crippen LogP contribution is -2.40. The van der Waals surface area contributed by atoms with Gasteiger partial charge in [-0.1, -0.05) is 12.1 Å². The molecular formula is C14H19N3O2S. The average Bonchev–Trinajstić information content (AvgIpc) is 2.85. The molecule has 0 bridgehead atoms. The largest absolute Gasteiger partial charge is 0.396 e. The van der Waals surface area contributed by atoms with Crippen LogP contribution in [0.1, 0.15) is 24.8 Å². The molecule has 0 radical (unpaired) electrons. The van der Waals surface area contributed by atoms with Crippen molar-refractivity contribution >= 4 is 27.6 Å². The first-order valence-electron chi connectivity index (χ1n) is 6.68. The maximum Gasteiger partial charge on any atom is 0.315 e. The number of nitrogens with zero attached hydrogens (tertiary/aromatic N) is 1. The van der Waals surface area contributed by atoms with Crippen molar-refractivity contribution in [2.45, 2.75) is 32.4 Å². The summed E-state index contributed by atoms with van der Waals surface area (Å²) in [5, 5.41) is 15.3. The van der Waals surface area contributed by atoms with Crippen molar-refractivity contribution in [2.75, 3.05) is 6.61 Å². The van der Waals surface area contributed by atoms with Crippen molar-refractivity contribution in [3.05, 3.63) is 29.3 Å². The van der Waals surface area contributed by atoms with Crippen LogP contribution in [0.4, 0.5) is 4.79 Å². The second-order valence-corrected chi connectivity index (χ2v) is 5.78. The summed E-state index contributed by atoms with van der Waals surface area (Å²) in [6.07, 6.45) is 1.46. The highest BCUT2D eigenvalue weighted by atomic mass is 32.1. The SMILES string of the molecule is CC(CCCO)NC(=O)NCc1nc2ccccc2s1. The lowest BCUT2D eigenvalue weighted by Gasteiger charge is -2.13. The van der Waals surface area contributed by atoms with Crippen LogP contribution < -0.4 is 10.6 Å². The highest BCUT2D eigenvalue weighted by Crippen LogP contribution is 2.21. The van der Waals surface area contributed by atoms with Gasteiger partial charge in [0.1, 0.15) is 5.01 Å². The van der Waals surface area contributed by atoms with E-state index in [0.717, 1.165) is 21.6 Å². The number of carbonyl (C=O) groups is 1. The van der Waals surface area contributed by atoms with Crippen LogP contribution in [0, 0.1) is 0 Å². The Kier molecular flexibility index (Phi) is 5.31. The molecule has 5 nitrogen and oxygen atoms in total. The van der Waals surface area contributed by atoms with Gasteiger partial charge in [0.05, 0.1) is 16.8 Å². The van der Waals surface area contributed by atoms with E-state index in [1.165, 1.54) is 0 Å². The topological polar surface area (TPSA) is 74.2 Å². The van der Waals surface area contributed by atoms with Gasteiger partial charge in [-0.25, -0.2) is 9.78 Å². The first kappa shape index (κ1) is 14.7. The molecule has 1 aromatic heterocycles. The molecule has 0 saturated heterocycles. The summed E-state index contributed by atoms with van der Waals surface area (Å²) in [6, 6.07) is 7.77. The van der Waals surface area contributed by atoms with Crippen molar-refractivity contribution in [3.8, 4) is 0 Å². The number of aromatic nitrogens is 1. The number of aliphatic hydroxyl groups excluding tert-OH is 1. The number of rotatable bonds is 6. The smallest absolute Gasteiger partial charge is 0.315 e. The third-order valence-corrected chi connectivity index (χ3v) is 3.95. The first-order chi connectivity index (χ1) is 9.69. The van der Waals surface area contributed by atoms with Crippen LogP contribution in [-0.4, -0.2) is 28.8 Å². The Balaban J connectivity index is 1.81. The van der Waals surface area contributed by atoms with Gasteiger partial charge in [0, 0.05) is 12.6 Å². The third-order valence-electron chi connectivity index (χ3n) is 2.91. The maximum absolute atomic E-state index is 11.7. The predicted molar refractivity (Wildman–Crippen MR) is 80.8 cm³/mol. The lowest BCUT2D eigenvalue weighted by atomic mass is 10.2. The van der Waals surface area contributed by atoms with Gasteiger partial charge in [-0.3, -0.25) is 0 Å². The molecule has 0 saturated carbocycles. The van der Waals surface area contributed by atoms with E-state index in [4.69, 9.17) is 5.11 Å². The van der Waals surface area contributed by atoms with Gasteiger partial charge < -0.3 is 15.7 Å². The van der Waals surface area contributed by atoms with Gasteiger partial charge in [-0.05, 0) is 31.9 Å². The molecule has 3 N–H and O–H groups in total. The van der Waals surface area contributed by atoms with E-state index < -0.39 is 0 Å². The zero-order chi connectivity index (χ0) is 14.4. The Morgan fingerprint density at radius 3 is 3.00 bits per heavy atom. The normalized spacial score (nSPS) is 12.3. The number of amides is 2. The number of urea groups is 1. The van der Waals surface area contributed by atoms with Crippen molar-refractivity contribution in [1.82, 2.24) is 15.6 Å². The minimum atomic E-state index is -0.199. The number of para-hydroxylation sites is 1. The quantitative estimate of drug-likeness (QED) is 0.765. The molecule has 2 rings (SSSR count). The first-order valence-corrected chi connectivity index (χ1v) is 7.50. The fourth-order valence-corrected chi connectivity index (χ4v) is 2.80. The molecule has 0 aliphatic heterocycles. The molecular weight excluding hydrogens is 274 g/mol.